The number of aromatic hydroxyl groups is 1. The zero-order chi connectivity index (χ0) is 19.9. The maximum Gasteiger partial charge on any atom is 0.419 e. The van der Waals surface area contributed by atoms with Crippen LogP contribution in [0.4, 0.5) is 17.6 Å². The largest absolute Gasteiger partial charge is 0.507 e. The molecule has 0 amide bonds. The number of H-pyrrole nitrogens is 1. The van der Waals surface area contributed by atoms with Crippen molar-refractivity contribution in [1.82, 2.24) is 20.6 Å². The zero-order valence-electron chi connectivity index (χ0n) is 14.1. The van der Waals surface area contributed by atoms with Crippen LogP contribution < -0.4 is 0 Å². The highest BCUT2D eigenvalue weighted by molar-refractivity contribution is 5.83. The van der Waals surface area contributed by atoms with E-state index in [0.717, 1.165) is 12.1 Å². The second kappa shape index (κ2) is 6.63. The summed E-state index contributed by atoms with van der Waals surface area (Å²) in [6, 6.07) is 7.79. The molecule has 144 valence electrons. The van der Waals surface area contributed by atoms with Gasteiger partial charge in [0.05, 0.1) is 10.9 Å². The lowest BCUT2D eigenvalue weighted by molar-refractivity contribution is -0.138. The maximum absolute atomic E-state index is 14.8. The Morgan fingerprint density at radius 3 is 2.61 bits per heavy atom. The van der Waals surface area contributed by atoms with Crippen molar-refractivity contribution < 1.29 is 27.1 Å². The SMILES string of the molecule is Oc1ccc(CCc2ccc3oc(-c4nn[nH]n4)cc3c2F)cc1C(F)(F)F. The summed E-state index contributed by atoms with van der Waals surface area (Å²) in [6.45, 7) is 0. The summed E-state index contributed by atoms with van der Waals surface area (Å²) in [5.41, 5.74) is -0.149. The van der Waals surface area contributed by atoms with Gasteiger partial charge in [-0.3, -0.25) is 0 Å². The smallest absolute Gasteiger partial charge is 0.419 e. The second-order valence-corrected chi connectivity index (χ2v) is 6.15. The summed E-state index contributed by atoms with van der Waals surface area (Å²) in [7, 11) is 0. The van der Waals surface area contributed by atoms with Crippen LogP contribution in [-0.2, 0) is 19.0 Å². The van der Waals surface area contributed by atoms with Crippen LogP contribution in [0.5, 0.6) is 5.75 Å². The number of aromatic amines is 1. The predicted molar refractivity (Wildman–Crippen MR) is 89.9 cm³/mol. The molecule has 28 heavy (non-hydrogen) atoms. The molecule has 4 aromatic rings. The number of phenols is 1. The Kier molecular flexibility index (Phi) is 4.25. The van der Waals surface area contributed by atoms with Gasteiger partial charge in [0.15, 0.2) is 5.76 Å². The average Bonchev–Trinajstić information content (AvgIpc) is 3.31. The van der Waals surface area contributed by atoms with Gasteiger partial charge in [-0.05, 0) is 53.4 Å². The molecule has 4 rings (SSSR count). The van der Waals surface area contributed by atoms with Crippen molar-refractivity contribution >= 4 is 11.0 Å². The molecule has 2 heterocycles. The fourth-order valence-electron chi connectivity index (χ4n) is 2.94. The van der Waals surface area contributed by atoms with E-state index in [9.17, 15) is 22.7 Å². The Bertz CT molecular complexity index is 1140. The van der Waals surface area contributed by atoms with Crippen molar-refractivity contribution in [1.29, 1.82) is 0 Å². The van der Waals surface area contributed by atoms with Crippen LogP contribution in [0.3, 0.4) is 0 Å². The number of rotatable bonds is 4. The molecule has 0 unspecified atom stereocenters. The monoisotopic (exact) mass is 392 g/mol. The Morgan fingerprint density at radius 1 is 1.07 bits per heavy atom. The summed E-state index contributed by atoms with van der Waals surface area (Å²) in [4.78, 5) is 0. The van der Waals surface area contributed by atoms with Crippen LogP contribution in [0, 0.1) is 5.82 Å². The average molecular weight is 392 g/mol. The third kappa shape index (κ3) is 3.28. The van der Waals surface area contributed by atoms with Gasteiger partial charge in [-0.2, -0.15) is 18.4 Å². The lowest BCUT2D eigenvalue weighted by Crippen LogP contribution is -2.06. The van der Waals surface area contributed by atoms with Crippen LogP contribution >= 0.6 is 0 Å². The molecular formula is C18H12F4N4O2. The van der Waals surface area contributed by atoms with Gasteiger partial charge in [0.25, 0.3) is 0 Å². The first-order valence-corrected chi connectivity index (χ1v) is 8.17. The number of hydrogen-bond acceptors (Lipinski definition) is 5. The van der Waals surface area contributed by atoms with E-state index in [1.165, 1.54) is 18.2 Å². The van der Waals surface area contributed by atoms with E-state index < -0.39 is 23.3 Å². The molecule has 0 aliphatic heterocycles. The summed E-state index contributed by atoms with van der Waals surface area (Å²) >= 11 is 0. The summed E-state index contributed by atoms with van der Waals surface area (Å²) in [6.07, 6.45) is -4.32. The molecule has 0 bridgehead atoms. The van der Waals surface area contributed by atoms with Gasteiger partial charge in [0.2, 0.25) is 5.82 Å². The molecule has 0 fully saturated rings. The molecular weight excluding hydrogens is 380 g/mol. The first kappa shape index (κ1) is 18.0. The van der Waals surface area contributed by atoms with Crippen LogP contribution in [0.2, 0.25) is 0 Å². The number of nitrogens with zero attached hydrogens (tertiary/aromatic N) is 3. The second-order valence-electron chi connectivity index (χ2n) is 6.15. The maximum atomic E-state index is 14.8. The van der Waals surface area contributed by atoms with Crippen molar-refractivity contribution in [2.75, 3.05) is 0 Å². The Hall–Kier alpha value is -3.43. The molecule has 2 N–H and O–H groups in total. The van der Waals surface area contributed by atoms with E-state index in [-0.39, 0.29) is 29.8 Å². The number of fused-ring (bicyclic) bond motifs is 1. The Balaban J connectivity index is 1.60. The summed E-state index contributed by atoms with van der Waals surface area (Å²) < 4.78 is 59.0. The molecule has 2 aromatic carbocycles. The zero-order valence-corrected chi connectivity index (χ0v) is 14.1. The van der Waals surface area contributed by atoms with E-state index in [2.05, 4.69) is 20.6 Å². The van der Waals surface area contributed by atoms with Gasteiger partial charge in [-0.15, -0.1) is 10.2 Å². The number of halogens is 4. The van der Waals surface area contributed by atoms with Crippen LogP contribution in [0.1, 0.15) is 16.7 Å². The molecule has 0 atom stereocenters. The molecule has 2 aromatic heterocycles. The van der Waals surface area contributed by atoms with Crippen molar-refractivity contribution in [3.05, 3.63) is 58.9 Å². The highest BCUT2D eigenvalue weighted by Gasteiger charge is 2.33. The molecule has 6 nitrogen and oxygen atoms in total. The van der Waals surface area contributed by atoms with Gasteiger partial charge in [0, 0.05) is 0 Å². The first-order valence-electron chi connectivity index (χ1n) is 8.17. The Morgan fingerprint density at radius 2 is 1.89 bits per heavy atom. The standard InChI is InChI=1S/C18H12F4N4O2/c19-16-10(3-1-9-2-5-13(27)12(7-9)18(20,21)22)4-6-14-11(16)8-15(28-14)17-23-25-26-24-17/h2,4-8,27H,1,3H2,(H,23,24,25,26). The summed E-state index contributed by atoms with van der Waals surface area (Å²) in [5, 5.41) is 22.8. The highest BCUT2D eigenvalue weighted by atomic mass is 19.4. The lowest BCUT2D eigenvalue weighted by atomic mass is 10.0. The van der Waals surface area contributed by atoms with Crippen LogP contribution in [0.25, 0.3) is 22.6 Å². The van der Waals surface area contributed by atoms with Crippen molar-refractivity contribution in [3.8, 4) is 17.3 Å². The fraction of sp³-hybridized carbons (Fsp3) is 0.167. The normalized spacial score (nSPS) is 12.0. The molecule has 0 saturated carbocycles. The quantitative estimate of drug-likeness (QED) is 0.507. The van der Waals surface area contributed by atoms with Crippen molar-refractivity contribution in [2.24, 2.45) is 0 Å². The van der Waals surface area contributed by atoms with Gasteiger partial charge in [-0.25, -0.2) is 4.39 Å². The number of alkyl halides is 3. The fourth-order valence-corrected chi connectivity index (χ4v) is 2.94. The minimum absolute atomic E-state index is 0.168. The topological polar surface area (TPSA) is 87.8 Å². The van der Waals surface area contributed by atoms with Gasteiger partial charge in [0.1, 0.15) is 17.1 Å². The molecule has 0 radical (unpaired) electrons. The highest BCUT2D eigenvalue weighted by Crippen LogP contribution is 2.36. The third-order valence-corrected chi connectivity index (χ3v) is 4.33. The number of hydrogen-bond donors (Lipinski definition) is 2. The third-order valence-electron chi connectivity index (χ3n) is 4.33. The molecule has 0 aliphatic carbocycles. The number of phenolic OH excluding ortho intramolecular Hbond substituents is 1. The molecule has 10 heteroatoms. The minimum Gasteiger partial charge on any atom is -0.507 e. The minimum atomic E-state index is -4.66. The molecule has 0 saturated heterocycles. The van der Waals surface area contributed by atoms with E-state index in [1.807, 2.05) is 0 Å². The number of furan rings is 1. The van der Waals surface area contributed by atoms with Crippen LogP contribution in [-0.4, -0.2) is 25.7 Å². The van der Waals surface area contributed by atoms with E-state index in [0.29, 0.717) is 16.7 Å². The molecule has 0 spiro atoms. The van der Waals surface area contributed by atoms with Gasteiger partial charge >= 0.3 is 6.18 Å². The number of nitrogens with one attached hydrogen (secondary N) is 1. The first-order chi connectivity index (χ1) is 13.3. The summed E-state index contributed by atoms with van der Waals surface area (Å²) in [5.74, 6) is -0.934. The lowest BCUT2D eigenvalue weighted by Gasteiger charge is -2.11. The van der Waals surface area contributed by atoms with E-state index >= 15 is 0 Å². The predicted octanol–water partition coefficient (Wildman–Crippen LogP) is 4.26. The van der Waals surface area contributed by atoms with Gasteiger partial charge < -0.3 is 9.52 Å². The number of tetrazole rings is 1. The van der Waals surface area contributed by atoms with E-state index in [1.54, 1.807) is 6.07 Å². The number of benzene rings is 2. The van der Waals surface area contributed by atoms with Crippen LogP contribution in [0.15, 0.2) is 40.8 Å². The van der Waals surface area contributed by atoms with Crippen molar-refractivity contribution in [2.45, 2.75) is 19.0 Å². The van der Waals surface area contributed by atoms with Gasteiger partial charge in [-0.1, -0.05) is 12.1 Å². The molecule has 0 aliphatic rings. The Labute approximate surface area is 154 Å². The number of aryl methyl sites for hydroxylation is 2. The van der Waals surface area contributed by atoms with E-state index in [4.69, 9.17) is 4.42 Å². The number of aromatic nitrogens is 4. The van der Waals surface area contributed by atoms with Crippen molar-refractivity contribution in [3.63, 3.8) is 0 Å².